The number of aromatic nitrogens is 3. The van der Waals surface area contributed by atoms with Crippen molar-refractivity contribution in [1.29, 1.82) is 0 Å². The summed E-state index contributed by atoms with van der Waals surface area (Å²) in [4.78, 5) is 24.7. The molecule has 1 atom stereocenters. The molecule has 0 unspecified atom stereocenters. The van der Waals surface area contributed by atoms with E-state index in [0.29, 0.717) is 17.5 Å². The first-order chi connectivity index (χ1) is 16.2. The maximum atomic E-state index is 12.9. The normalized spacial score (nSPS) is 12.3. The second-order valence-electron chi connectivity index (χ2n) is 7.44. The number of nitrogens with zero attached hydrogens (tertiary/aromatic N) is 3. The number of alkyl halides is 3. The lowest BCUT2D eigenvalue weighted by Gasteiger charge is -2.14. The van der Waals surface area contributed by atoms with E-state index in [4.69, 9.17) is 0 Å². The van der Waals surface area contributed by atoms with Crippen molar-refractivity contribution < 1.29 is 22.8 Å². The Bertz CT molecular complexity index is 1140. The van der Waals surface area contributed by atoms with Crippen molar-refractivity contribution in [3.05, 3.63) is 71.5 Å². The number of carbonyl (C=O) groups is 2. The Morgan fingerprint density at radius 3 is 2.47 bits per heavy atom. The van der Waals surface area contributed by atoms with Gasteiger partial charge in [-0.25, -0.2) is 0 Å². The molecule has 0 bridgehead atoms. The van der Waals surface area contributed by atoms with Crippen molar-refractivity contribution in [2.24, 2.45) is 0 Å². The van der Waals surface area contributed by atoms with Gasteiger partial charge < -0.3 is 15.2 Å². The average Bonchev–Trinajstić information content (AvgIpc) is 3.19. The molecule has 1 heterocycles. The number of amides is 2. The maximum Gasteiger partial charge on any atom is 0.416 e. The molecule has 2 amide bonds. The predicted molar refractivity (Wildman–Crippen MR) is 123 cm³/mol. The van der Waals surface area contributed by atoms with Crippen LogP contribution in [0.15, 0.2) is 59.8 Å². The zero-order valence-corrected chi connectivity index (χ0v) is 19.4. The zero-order chi connectivity index (χ0) is 24.7. The van der Waals surface area contributed by atoms with E-state index in [2.05, 4.69) is 20.8 Å². The minimum atomic E-state index is -4.50. The lowest BCUT2D eigenvalue weighted by Crippen LogP contribution is -2.28. The fourth-order valence-electron chi connectivity index (χ4n) is 3.23. The molecule has 0 radical (unpaired) electrons. The van der Waals surface area contributed by atoms with E-state index in [0.717, 1.165) is 17.7 Å². The molecule has 11 heteroatoms. The molecule has 2 aromatic carbocycles. The SMILES string of the molecule is CCn1c(CC(=O)Nc2cccc(C(F)(F)F)c2)nnc1SCC(=O)N[C@@H](C)c1ccccc1. The summed E-state index contributed by atoms with van der Waals surface area (Å²) in [5, 5.41) is 14.0. The highest BCUT2D eigenvalue weighted by atomic mass is 32.2. The van der Waals surface area contributed by atoms with Crippen molar-refractivity contribution in [2.45, 2.75) is 44.2 Å². The summed E-state index contributed by atoms with van der Waals surface area (Å²) in [6.45, 7) is 4.20. The van der Waals surface area contributed by atoms with Gasteiger partial charge in [0.2, 0.25) is 11.8 Å². The van der Waals surface area contributed by atoms with Crippen LogP contribution in [0.2, 0.25) is 0 Å². The number of hydrogen-bond acceptors (Lipinski definition) is 5. The highest BCUT2D eigenvalue weighted by Crippen LogP contribution is 2.30. The standard InChI is InChI=1S/C23H24F3N5O2S/c1-3-31-19(13-20(32)28-18-11-7-10-17(12-18)23(24,25)26)29-30-22(31)34-14-21(33)27-15(2)16-8-5-4-6-9-16/h4-12,15H,3,13-14H2,1-2H3,(H,27,33)(H,28,32)/t15-/m0/s1. The average molecular weight is 492 g/mol. The Kier molecular flexibility index (Phi) is 8.32. The maximum absolute atomic E-state index is 12.9. The molecule has 0 saturated heterocycles. The van der Waals surface area contributed by atoms with Gasteiger partial charge in [-0.3, -0.25) is 9.59 Å². The molecule has 180 valence electrons. The van der Waals surface area contributed by atoms with Crippen LogP contribution in [-0.2, 0) is 28.7 Å². The lowest BCUT2D eigenvalue weighted by atomic mass is 10.1. The quantitative estimate of drug-likeness (QED) is 0.431. The van der Waals surface area contributed by atoms with Gasteiger partial charge in [0.25, 0.3) is 0 Å². The molecule has 0 saturated carbocycles. The van der Waals surface area contributed by atoms with Crippen molar-refractivity contribution in [3.63, 3.8) is 0 Å². The minimum absolute atomic E-state index is 0.0428. The molecule has 1 aromatic heterocycles. The summed E-state index contributed by atoms with van der Waals surface area (Å²) in [7, 11) is 0. The van der Waals surface area contributed by atoms with Gasteiger partial charge in [-0.1, -0.05) is 48.2 Å². The molecule has 0 spiro atoms. The van der Waals surface area contributed by atoms with Crippen molar-refractivity contribution >= 4 is 29.3 Å². The molecular weight excluding hydrogens is 467 g/mol. The summed E-state index contributed by atoms with van der Waals surface area (Å²) < 4.78 is 40.3. The Morgan fingerprint density at radius 2 is 1.79 bits per heavy atom. The number of nitrogens with one attached hydrogen (secondary N) is 2. The van der Waals surface area contributed by atoms with Crippen LogP contribution >= 0.6 is 11.8 Å². The first-order valence-corrected chi connectivity index (χ1v) is 11.5. The molecule has 0 aliphatic rings. The third-order valence-corrected chi connectivity index (χ3v) is 5.88. The molecule has 3 rings (SSSR count). The summed E-state index contributed by atoms with van der Waals surface area (Å²) in [6, 6.07) is 13.9. The van der Waals surface area contributed by atoms with Crippen LogP contribution in [0.25, 0.3) is 0 Å². The second-order valence-corrected chi connectivity index (χ2v) is 8.38. The fraction of sp³-hybridized carbons (Fsp3) is 0.304. The Labute approximate surface area is 199 Å². The monoisotopic (exact) mass is 491 g/mol. The van der Waals surface area contributed by atoms with Crippen LogP contribution in [0, 0.1) is 0 Å². The largest absolute Gasteiger partial charge is 0.416 e. The number of benzene rings is 2. The summed E-state index contributed by atoms with van der Waals surface area (Å²) in [5.74, 6) is -0.220. The van der Waals surface area contributed by atoms with E-state index in [-0.39, 0.29) is 29.8 Å². The van der Waals surface area contributed by atoms with E-state index in [9.17, 15) is 22.8 Å². The number of halogens is 3. The Balaban J connectivity index is 1.57. The predicted octanol–water partition coefficient (Wildman–Crippen LogP) is 4.47. The molecule has 34 heavy (non-hydrogen) atoms. The van der Waals surface area contributed by atoms with E-state index < -0.39 is 17.6 Å². The van der Waals surface area contributed by atoms with Gasteiger partial charge >= 0.3 is 6.18 Å². The number of hydrogen-bond donors (Lipinski definition) is 2. The Hall–Kier alpha value is -3.34. The van der Waals surface area contributed by atoms with Crippen molar-refractivity contribution in [2.75, 3.05) is 11.1 Å². The van der Waals surface area contributed by atoms with Crippen LogP contribution in [0.1, 0.15) is 36.8 Å². The molecule has 2 N–H and O–H groups in total. The van der Waals surface area contributed by atoms with Gasteiger partial charge in [0, 0.05) is 12.2 Å². The van der Waals surface area contributed by atoms with E-state index in [1.807, 2.05) is 44.2 Å². The Morgan fingerprint density at radius 1 is 1.06 bits per heavy atom. The minimum Gasteiger partial charge on any atom is -0.349 e. The summed E-state index contributed by atoms with van der Waals surface area (Å²) in [6.07, 6.45) is -4.67. The van der Waals surface area contributed by atoms with Crippen LogP contribution in [0.4, 0.5) is 18.9 Å². The summed E-state index contributed by atoms with van der Waals surface area (Å²) in [5.41, 5.74) is 0.188. The van der Waals surface area contributed by atoms with Gasteiger partial charge in [-0.15, -0.1) is 10.2 Å². The van der Waals surface area contributed by atoms with Gasteiger partial charge in [0.05, 0.1) is 23.8 Å². The van der Waals surface area contributed by atoms with Gasteiger partial charge in [0.1, 0.15) is 5.82 Å². The molecule has 7 nitrogen and oxygen atoms in total. The smallest absolute Gasteiger partial charge is 0.349 e. The van der Waals surface area contributed by atoms with Crippen molar-refractivity contribution in [1.82, 2.24) is 20.1 Å². The summed E-state index contributed by atoms with van der Waals surface area (Å²) >= 11 is 1.19. The molecule has 3 aromatic rings. The van der Waals surface area contributed by atoms with Crippen LogP contribution in [0.5, 0.6) is 0 Å². The highest BCUT2D eigenvalue weighted by molar-refractivity contribution is 7.99. The lowest BCUT2D eigenvalue weighted by molar-refractivity contribution is -0.137. The van der Waals surface area contributed by atoms with Crippen molar-refractivity contribution in [3.8, 4) is 0 Å². The molecule has 0 fully saturated rings. The zero-order valence-electron chi connectivity index (χ0n) is 18.6. The second kappa shape index (κ2) is 11.2. The van der Waals surface area contributed by atoms with Crippen LogP contribution in [0.3, 0.4) is 0 Å². The van der Waals surface area contributed by atoms with Crippen LogP contribution in [-0.4, -0.2) is 32.3 Å². The topological polar surface area (TPSA) is 88.9 Å². The number of anilines is 1. The van der Waals surface area contributed by atoms with Crippen LogP contribution < -0.4 is 10.6 Å². The number of carbonyl (C=O) groups excluding carboxylic acids is 2. The third kappa shape index (κ3) is 6.83. The third-order valence-electron chi connectivity index (χ3n) is 4.91. The molecule has 0 aliphatic heterocycles. The van der Waals surface area contributed by atoms with Gasteiger partial charge in [-0.2, -0.15) is 13.2 Å². The number of thioether (sulfide) groups is 1. The fourth-order valence-corrected chi connectivity index (χ4v) is 4.07. The van der Waals surface area contributed by atoms with Gasteiger partial charge in [0.15, 0.2) is 5.16 Å². The number of rotatable bonds is 9. The first kappa shape index (κ1) is 25.3. The molecular formula is C23H24F3N5O2S. The van der Waals surface area contributed by atoms with E-state index >= 15 is 0 Å². The van der Waals surface area contributed by atoms with Gasteiger partial charge in [-0.05, 0) is 37.6 Å². The molecule has 0 aliphatic carbocycles. The highest BCUT2D eigenvalue weighted by Gasteiger charge is 2.30. The van der Waals surface area contributed by atoms with E-state index in [1.165, 1.54) is 23.9 Å². The first-order valence-electron chi connectivity index (χ1n) is 10.5. The van der Waals surface area contributed by atoms with E-state index in [1.54, 1.807) is 4.57 Å².